The summed E-state index contributed by atoms with van der Waals surface area (Å²) in [6.45, 7) is 0. The van der Waals surface area contributed by atoms with E-state index in [2.05, 4.69) is 88.0 Å². The van der Waals surface area contributed by atoms with Gasteiger partial charge in [0.05, 0.1) is 56.6 Å². The molecule has 0 amide bonds. The van der Waals surface area contributed by atoms with E-state index in [0.717, 1.165) is 77.2 Å². The normalized spacial score (nSPS) is 11.1. The largest absolute Gasteiger partial charge is 0.309 e. The van der Waals surface area contributed by atoms with E-state index in [1.54, 1.807) is 0 Å². The molecule has 0 unspecified atom stereocenters. The van der Waals surface area contributed by atoms with Crippen LogP contribution in [-0.2, 0) is 0 Å². The lowest BCUT2D eigenvalue weighted by atomic mass is 9.91. The Hall–Kier alpha value is -7.39. The number of fused-ring (bicyclic) bond motifs is 6. The van der Waals surface area contributed by atoms with Crippen LogP contribution in [-0.4, -0.2) is 9.13 Å². The summed E-state index contributed by atoms with van der Waals surface area (Å²) in [5.74, 6) is 0. The van der Waals surface area contributed by atoms with Crippen LogP contribution >= 0.6 is 0 Å². The highest BCUT2D eigenvalue weighted by molar-refractivity contribution is 6.12. The zero-order chi connectivity index (χ0) is 33.8. The molecule has 9 aromatic rings. The van der Waals surface area contributed by atoms with Crippen molar-refractivity contribution in [3.63, 3.8) is 0 Å². The van der Waals surface area contributed by atoms with E-state index < -0.39 is 0 Å². The summed E-state index contributed by atoms with van der Waals surface area (Å²) in [6, 6.07) is 57.8. The van der Waals surface area contributed by atoms with Gasteiger partial charge in [-0.2, -0.15) is 15.8 Å². The first-order valence-corrected chi connectivity index (χ1v) is 16.3. The van der Waals surface area contributed by atoms with Gasteiger partial charge in [0, 0.05) is 32.8 Å². The number of nitrogens with zero attached hydrogens (tertiary/aromatic N) is 5. The smallest absolute Gasteiger partial charge is 0.101 e. The maximum atomic E-state index is 10.1. The molecule has 50 heavy (non-hydrogen) atoms. The Kier molecular flexibility index (Phi) is 6.56. The van der Waals surface area contributed by atoms with Gasteiger partial charge in [-0.1, -0.05) is 84.9 Å². The SMILES string of the molecule is N#Cc1ccc(-c2ccccc2-n2c3ccccc3c3cc(C#N)ccc32)c(-c2cccc(-n3c4ccccc4c4cccc(C#N)c43)c2)c1. The number of hydrogen-bond acceptors (Lipinski definition) is 3. The minimum atomic E-state index is 0.566. The highest BCUT2D eigenvalue weighted by atomic mass is 15.0. The zero-order valence-electron chi connectivity index (χ0n) is 26.7. The maximum Gasteiger partial charge on any atom is 0.101 e. The van der Waals surface area contributed by atoms with Gasteiger partial charge in [-0.15, -0.1) is 0 Å². The van der Waals surface area contributed by atoms with Crippen molar-refractivity contribution in [3.05, 3.63) is 168 Å². The predicted octanol–water partition coefficient (Wildman–Crippen LogP) is 10.8. The van der Waals surface area contributed by atoms with Crippen molar-refractivity contribution in [2.45, 2.75) is 0 Å². The third kappa shape index (κ3) is 4.31. The molecular weight excluding hydrogens is 611 g/mol. The second-order valence-corrected chi connectivity index (χ2v) is 12.3. The molecule has 7 aromatic carbocycles. The summed E-state index contributed by atoms with van der Waals surface area (Å²) in [5.41, 5.74) is 11.5. The van der Waals surface area contributed by atoms with Crippen molar-refractivity contribution in [3.8, 4) is 51.8 Å². The second kappa shape index (κ2) is 11.4. The Bertz CT molecular complexity index is 2970. The third-order valence-electron chi connectivity index (χ3n) is 9.62. The van der Waals surface area contributed by atoms with Crippen LogP contribution in [0.3, 0.4) is 0 Å². The van der Waals surface area contributed by atoms with E-state index in [1.165, 1.54) is 0 Å². The monoisotopic (exact) mass is 635 g/mol. The molecule has 0 saturated carbocycles. The number of aromatic nitrogens is 2. The Morgan fingerprint density at radius 3 is 1.84 bits per heavy atom. The first kappa shape index (κ1) is 28.8. The predicted molar refractivity (Wildman–Crippen MR) is 200 cm³/mol. The van der Waals surface area contributed by atoms with Crippen LogP contribution in [0.5, 0.6) is 0 Å². The summed E-state index contributed by atoms with van der Waals surface area (Å²) in [5, 5.41) is 34.1. The van der Waals surface area contributed by atoms with E-state index in [4.69, 9.17) is 0 Å². The van der Waals surface area contributed by atoms with Gasteiger partial charge in [0.1, 0.15) is 6.07 Å². The van der Waals surface area contributed by atoms with Gasteiger partial charge < -0.3 is 9.13 Å². The van der Waals surface area contributed by atoms with Gasteiger partial charge in [-0.3, -0.25) is 0 Å². The number of rotatable bonds is 4. The Labute approximate surface area is 287 Å². The average molecular weight is 636 g/mol. The van der Waals surface area contributed by atoms with Gasteiger partial charge in [0.15, 0.2) is 0 Å². The molecule has 9 rings (SSSR count). The van der Waals surface area contributed by atoms with Crippen LogP contribution < -0.4 is 0 Å². The molecule has 2 heterocycles. The Morgan fingerprint density at radius 1 is 0.400 bits per heavy atom. The van der Waals surface area contributed by atoms with Crippen molar-refractivity contribution in [2.24, 2.45) is 0 Å². The first-order valence-electron chi connectivity index (χ1n) is 16.3. The minimum absolute atomic E-state index is 0.566. The fraction of sp³-hybridized carbons (Fsp3) is 0. The summed E-state index contributed by atoms with van der Waals surface area (Å²) in [4.78, 5) is 0. The molecule has 5 nitrogen and oxygen atoms in total. The summed E-state index contributed by atoms with van der Waals surface area (Å²) < 4.78 is 4.43. The molecule has 0 atom stereocenters. The molecule has 0 radical (unpaired) electrons. The van der Waals surface area contributed by atoms with Crippen molar-refractivity contribution in [1.82, 2.24) is 9.13 Å². The molecule has 5 heteroatoms. The molecule has 0 bridgehead atoms. The second-order valence-electron chi connectivity index (χ2n) is 12.3. The van der Waals surface area contributed by atoms with E-state index in [1.807, 2.05) is 91.0 Å². The number of para-hydroxylation sites is 4. The number of hydrogen-bond donors (Lipinski definition) is 0. The van der Waals surface area contributed by atoms with E-state index >= 15 is 0 Å². The quantitative estimate of drug-likeness (QED) is 0.193. The molecule has 0 aliphatic carbocycles. The lowest BCUT2D eigenvalue weighted by Gasteiger charge is -2.18. The van der Waals surface area contributed by atoms with Crippen molar-refractivity contribution in [1.29, 1.82) is 15.8 Å². The standard InChI is InChI=1S/C45H25N5/c46-26-29-19-21-34(35-12-1-5-17-42(35)50-43-18-6-3-14-37(43)40-24-30(27-47)20-22-44(40)50)39(23-29)31-9-7-11-33(25-31)49-41-16-4-2-13-36(41)38-15-8-10-32(28-48)45(38)49/h1-25H. The third-order valence-corrected chi connectivity index (χ3v) is 9.62. The van der Waals surface area contributed by atoms with E-state index in [9.17, 15) is 15.8 Å². The fourth-order valence-corrected chi connectivity index (χ4v) is 7.48. The van der Waals surface area contributed by atoms with Crippen LogP contribution in [0.25, 0.3) is 77.2 Å². The number of benzene rings is 7. The van der Waals surface area contributed by atoms with Crippen molar-refractivity contribution < 1.29 is 0 Å². The lowest BCUT2D eigenvalue weighted by molar-refractivity contribution is 1.17. The van der Waals surface area contributed by atoms with Crippen molar-refractivity contribution in [2.75, 3.05) is 0 Å². The van der Waals surface area contributed by atoms with Crippen LogP contribution in [0.2, 0.25) is 0 Å². The lowest BCUT2D eigenvalue weighted by Crippen LogP contribution is -1.99. The molecule has 0 aliphatic heterocycles. The zero-order valence-corrected chi connectivity index (χ0v) is 26.7. The molecule has 0 N–H and O–H groups in total. The van der Waals surface area contributed by atoms with Crippen LogP contribution in [0.1, 0.15) is 16.7 Å². The highest BCUT2D eigenvalue weighted by Crippen LogP contribution is 2.41. The van der Waals surface area contributed by atoms with Gasteiger partial charge in [-0.25, -0.2) is 0 Å². The summed E-state index contributed by atoms with van der Waals surface area (Å²) in [6.07, 6.45) is 0. The topological polar surface area (TPSA) is 81.2 Å². The molecule has 230 valence electrons. The molecule has 2 aromatic heterocycles. The summed E-state index contributed by atoms with van der Waals surface area (Å²) in [7, 11) is 0. The highest BCUT2D eigenvalue weighted by Gasteiger charge is 2.20. The molecule has 0 aliphatic rings. The van der Waals surface area contributed by atoms with Gasteiger partial charge in [-0.05, 0) is 83.4 Å². The molecule has 0 fully saturated rings. The Balaban J connectivity index is 1.30. The van der Waals surface area contributed by atoms with Crippen molar-refractivity contribution >= 4 is 43.6 Å². The van der Waals surface area contributed by atoms with E-state index in [-0.39, 0.29) is 0 Å². The molecule has 0 saturated heterocycles. The summed E-state index contributed by atoms with van der Waals surface area (Å²) >= 11 is 0. The first-order chi connectivity index (χ1) is 24.7. The van der Waals surface area contributed by atoms with Gasteiger partial charge in [0.2, 0.25) is 0 Å². The molecule has 0 spiro atoms. The van der Waals surface area contributed by atoms with Crippen LogP contribution in [0.15, 0.2) is 152 Å². The van der Waals surface area contributed by atoms with Gasteiger partial charge >= 0.3 is 0 Å². The molecular formula is C45H25N5. The van der Waals surface area contributed by atoms with Gasteiger partial charge in [0.25, 0.3) is 0 Å². The van der Waals surface area contributed by atoms with E-state index in [0.29, 0.717) is 16.7 Å². The average Bonchev–Trinajstić information content (AvgIpc) is 3.70. The number of nitriles is 3. The minimum Gasteiger partial charge on any atom is -0.309 e. The van der Waals surface area contributed by atoms with Crippen LogP contribution in [0.4, 0.5) is 0 Å². The Morgan fingerprint density at radius 2 is 1.04 bits per heavy atom. The maximum absolute atomic E-state index is 10.1. The van der Waals surface area contributed by atoms with Crippen LogP contribution in [0, 0.1) is 34.0 Å². The fourth-order valence-electron chi connectivity index (χ4n) is 7.48.